The Morgan fingerprint density at radius 1 is 1.54 bits per heavy atom. The van der Waals surface area contributed by atoms with E-state index in [0.717, 1.165) is 6.04 Å². The van der Waals surface area contributed by atoms with Crippen LogP contribution in [0.2, 0.25) is 0 Å². The first-order valence-electron chi connectivity index (χ1n) is 5.42. The second kappa shape index (κ2) is 3.79. The van der Waals surface area contributed by atoms with E-state index in [2.05, 4.69) is 36.2 Å². The summed E-state index contributed by atoms with van der Waals surface area (Å²) in [6, 6.07) is 1.37. The Morgan fingerprint density at radius 3 is 3.00 bits per heavy atom. The fraction of sp³-hybridized carbons (Fsp3) is 1.00. The van der Waals surface area contributed by atoms with Crippen LogP contribution in [-0.4, -0.2) is 29.3 Å². The summed E-state index contributed by atoms with van der Waals surface area (Å²) in [5.41, 5.74) is 0. The molecule has 0 saturated carbocycles. The zero-order valence-electron chi connectivity index (χ0n) is 8.60. The van der Waals surface area contributed by atoms with Gasteiger partial charge in [0.05, 0.1) is 4.87 Å². The molecule has 3 heteroatoms. The van der Waals surface area contributed by atoms with Crippen molar-refractivity contribution >= 4 is 11.8 Å². The average molecular weight is 200 g/mol. The molecular formula is C10H20N2S. The molecule has 2 nitrogen and oxygen atoms in total. The molecule has 2 aliphatic heterocycles. The van der Waals surface area contributed by atoms with E-state index in [1.165, 1.54) is 31.6 Å². The van der Waals surface area contributed by atoms with Crippen molar-refractivity contribution in [1.29, 1.82) is 0 Å². The molecule has 13 heavy (non-hydrogen) atoms. The minimum Gasteiger partial charge on any atom is -0.312 e. The highest BCUT2D eigenvalue weighted by molar-refractivity contribution is 8.01. The van der Waals surface area contributed by atoms with Gasteiger partial charge < -0.3 is 5.32 Å². The van der Waals surface area contributed by atoms with Gasteiger partial charge in [0, 0.05) is 17.8 Å². The molecule has 2 rings (SSSR count). The summed E-state index contributed by atoms with van der Waals surface area (Å²) < 4.78 is 0. The molecule has 0 aromatic heterocycles. The zero-order chi connectivity index (χ0) is 9.31. The van der Waals surface area contributed by atoms with Gasteiger partial charge in [-0.15, -0.1) is 11.8 Å². The summed E-state index contributed by atoms with van der Waals surface area (Å²) in [4.78, 5) is 0.360. The fourth-order valence-corrected chi connectivity index (χ4v) is 4.03. The van der Waals surface area contributed by atoms with Crippen LogP contribution in [0, 0.1) is 0 Å². The molecule has 0 aromatic rings. The number of hydrogen-bond acceptors (Lipinski definition) is 3. The predicted molar refractivity (Wildman–Crippen MR) is 59.1 cm³/mol. The van der Waals surface area contributed by atoms with Crippen LogP contribution < -0.4 is 10.6 Å². The van der Waals surface area contributed by atoms with Crippen LogP contribution in [0.25, 0.3) is 0 Å². The van der Waals surface area contributed by atoms with Gasteiger partial charge in [0.1, 0.15) is 0 Å². The molecule has 2 aliphatic rings. The molecule has 1 spiro atoms. The average Bonchev–Trinajstić information content (AvgIpc) is 2.56. The lowest BCUT2D eigenvalue weighted by Gasteiger charge is -2.40. The van der Waals surface area contributed by atoms with E-state index in [1.807, 2.05) is 0 Å². The normalized spacial score (nSPS) is 45.7. The molecule has 2 fully saturated rings. The lowest BCUT2D eigenvalue weighted by Crippen LogP contribution is -2.58. The van der Waals surface area contributed by atoms with Gasteiger partial charge in [-0.1, -0.05) is 6.92 Å². The lowest BCUT2D eigenvalue weighted by atomic mass is 9.98. The maximum atomic E-state index is 3.81. The summed E-state index contributed by atoms with van der Waals surface area (Å²) >= 11 is 2.13. The van der Waals surface area contributed by atoms with Crippen LogP contribution in [0.3, 0.4) is 0 Å². The molecule has 2 saturated heterocycles. The Labute approximate surface area is 85.2 Å². The summed E-state index contributed by atoms with van der Waals surface area (Å²) in [6.45, 7) is 5.79. The Morgan fingerprint density at radius 2 is 2.38 bits per heavy atom. The molecule has 0 amide bonds. The first-order valence-corrected chi connectivity index (χ1v) is 6.40. The SMILES string of the molecule is CCC1CSC2(CCCNC2C)N1. The molecule has 2 heterocycles. The quantitative estimate of drug-likeness (QED) is 0.672. The smallest absolute Gasteiger partial charge is 0.0800 e. The molecule has 76 valence electrons. The molecule has 0 aromatic carbocycles. The van der Waals surface area contributed by atoms with Gasteiger partial charge in [-0.25, -0.2) is 0 Å². The molecule has 3 atom stereocenters. The fourth-order valence-electron chi connectivity index (χ4n) is 2.34. The third-order valence-electron chi connectivity index (χ3n) is 3.36. The van der Waals surface area contributed by atoms with E-state index in [0.29, 0.717) is 10.9 Å². The van der Waals surface area contributed by atoms with Gasteiger partial charge in [-0.2, -0.15) is 0 Å². The number of piperidine rings is 1. The molecule has 0 aliphatic carbocycles. The van der Waals surface area contributed by atoms with Gasteiger partial charge in [0.2, 0.25) is 0 Å². The van der Waals surface area contributed by atoms with Crippen molar-refractivity contribution in [3.05, 3.63) is 0 Å². The van der Waals surface area contributed by atoms with Crippen molar-refractivity contribution in [2.75, 3.05) is 12.3 Å². The van der Waals surface area contributed by atoms with Crippen LogP contribution in [0.1, 0.15) is 33.1 Å². The van der Waals surface area contributed by atoms with E-state index >= 15 is 0 Å². The van der Waals surface area contributed by atoms with Crippen molar-refractivity contribution < 1.29 is 0 Å². The Hall–Kier alpha value is 0.270. The summed E-state index contributed by atoms with van der Waals surface area (Å²) in [5.74, 6) is 1.29. The number of hydrogen-bond donors (Lipinski definition) is 2. The van der Waals surface area contributed by atoms with Gasteiger partial charge in [0.15, 0.2) is 0 Å². The Bertz CT molecular complexity index is 186. The molecular weight excluding hydrogens is 180 g/mol. The predicted octanol–water partition coefficient (Wildman–Crippen LogP) is 1.57. The standard InChI is InChI=1S/C10H20N2S/c1-3-9-7-13-10(12-9)5-4-6-11-8(10)2/h8-9,11-12H,3-7H2,1-2H3. The Balaban J connectivity index is 2.03. The minimum absolute atomic E-state index is 0.360. The van der Waals surface area contributed by atoms with Gasteiger partial charge >= 0.3 is 0 Å². The number of thioether (sulfide) groups is 1. The second-order valence-electron chi connectivity index (χ2n) is 4.23. The van der Waals surface area contributed by atoms with Crippen molar-refractivity contribution in [1.82, 2.24) is 10.6 Å². The van der Waals surface area contributed by atoms with Gasteiger partial charge in [0.25, 0.3) is 0 Å². The minimum atomic E-state index is 0.360. The van der Waals surface area contributed by atoms with Crippen LogP contribution >= 0.6 is 11.8 Å². The first-order chi connectivity index (χ1) is 6.27. The molecule has 0 bridgehead atoms. The highest BCUT2D eigenvalue weighted by Gasteiger charge is 2.43. The van der Waals surface area contributed by atoms with Gasteiger partial charge in [-0.3, -0.25) is 5.32 Å². The van der Waals surface area contributed by atoms with Crippen LogP contribution in [0.4, 0.5) is 0 Å². The van der Waals surface area contributed by atoms with Crippen LogP contribution in [0.5, 0.6) is 0 Å². The van der Waals surface area contributed by atoms with Crippen LogP contribution in [-0.2, 0) is 0 Å². The third kappa shape index (κ3) is 1.74. The maximum absolute atomic E-state index is 3.81. The summed E-state index contributed by atoms with van der Waals surface area (Å²) in [6.07, 6.45) is 3.92. The van der Waals surface area contributed by atoms with E-state index in [1.54, 1.807) is 0 Å². The van der Waals surface area contributed by atoms with Crippen molar-refractivity contribution in [3.8, 4) is 0 Å². The highest BCUT2D eigenvalue weighted by atomic mass is 32.2. The van der Waals surface area contributed by atoms with Crippen LogP contribution in [0.15, 0.2) is 0 Å². The van der Waals surface area contributed by atoms with Crippen molar-refractivity contribution in [3.63, 3.8) is 0 Å². The van der Waals surface area contributed by atoms with Gasteiger partial charge in [-0.05, 0) is 32.7 Å². The van der Waals surface area contributed by atoms with E-state index in [-0.39, 0.29) is 0 Å². The Kier molecular flexibility index (Phi) is 2.86. The molecule has 0 radical (unpaired) electrons. The molecule has 3 unspecified atom stereocenters. The zero-order valence-corrected chi connectivity index (χ0v) is 9.41. The maximum Gasteiger partial charge on any atom is 0.0800 e. The van der Waals surface area contributed by atoms with E-state index in [4.69, 9.17) is 0 Å². The summed E-state index contributed by atoms with van der Waals surface area (Å²) in [5, 5.41) is 7.38. The second-order valence-corrected chi connectivity index (χ2v) is 5.58. The summed E-state index contributed by atoms with van der Waals surface area (Å²) in [7, 11) is 0. The van der Waals surface area contributed by atoms with Crippen molar-refractivity contribution in [2.24, 2.45) is 0 Å². The monoisotopic (exact) mass is 200 g/mol. The third-order valence-corrected chi connectivity index (χ3v) is 5.12. The first kappa shape index (κ1) is 9.81. The highest BCUT2D eigenvalue weighted by Crippen LogP contribution is 2.39. The number of nitrogens with one attached hydrogen (secondary N) is 2. The van der Waals surface area contributed by atoms with Crippen molar-refractivity contribution in [2.45, 2.75) is 50.1 Å². The van der Waals surface area contributed by atoms with E-state index in [9.17, 15) is 0 Å². The number of rotatable bonds is 1. The largest absolute Gasteiger partial charge is 0.312 e. The molecule has 2 N–H and O–H groups in total. The topological polar surface area (TPSA) is 24.1 Å². The lowest BCUT2D eigenvalue weighted by molar-refractivity contribution is 0.278. The van der Waals surface area contributed by atoms with E-state index < -0.39 is 0 Å².